The largest absolute Gasteiger partial charge is 0.311 e. The van der Waals surface area contributed by atoms with Gasteiger partial charge in [-0.25, -0.2) is 4.98 Å². The first-order valence-electron chi connectivity index (χ1n) is 6.89. The fourth-order valence-corrected chi connectivity index (χ4v) is 3.52. The van der Waals surface area contributed by atoms with E-state index in [1.54, 1.807) is 10.8 Å². The highest BCUT2D eigenvalue weighted by Gasteiger charge is 2.44. The molecule has 1 aromatic heterocycles. The van der Waals surface area contributed by atoms with Gasteiger partial charge in [-0.3, -0.25) is 4.79 Å². The molecule has 2 fully saturated rings. The summed E-state index contributed by atoms with van der Waals surface area (Å²) in [6.07, 6.45) is 12.8. The lowest BCUT2D eigenvalue weighted by Crippen LogP contribution is -2.22. The number of aromatic nitrogens is 2. The maximum Gasteiger partial charge on any atom is 0.269 e. The van der Waals surface area contributed by atoms with Crippen LogP contribution in [0.5, 0.6) is 0 Å². The maximum atomic E-state index is 11.6. The van der Waals surface area contributed by atoms with Crippen LogP contribution in [-0.2, 0) is 6.54 Å². The highest BCUT2D eigenvalue weighted by molar-refractivity contribution is 9.10. The molecule has 98 valence electrons. The molecule has 0 radical (unpaired) electrons. The zero-order valence-corrected chi connectivity index (χ0v) is 12.2. The summed E-state index contributed by atoms with van der Waals surface area (Å²) in [7, 11) is 0. The van der Waals surface area contributed by atoms with Gasteiger partial charge in [0, 0.05) is 12.7 Å². The molecule has 0 N–H and O–H groups in total. The van der Waals surface area contributed by atoms with Gasteiger partial charge in [0.15, 0.2) is 0 Å². The van der Waals surface area contributed by atoms with Crippen LogP contribution in [0.3, 0.4) is 0 Å². The van der Waals surface area contributed by atoms with Crippen LogP contribution in [0.2, 0.25) is 0 Å². The predicted molar refractivity (Wildman–Crippen MR) is 74.4 cm³/mol. The summed E-state index contributed by atoms with van der Waals surface area (Å²) in [5.41, 5.74) is 0.778. The molecule has 0 saturated heterocycles. The van der Waals surface area contributed by atoms with Gasteiger partial charge < -0.3 is 4.57 Å². The molecule has 0 aliphatic heterocycles. The zero-order chi connectivity index (χ0) is 12.6. The Morgan fingerprint density at radius 3 is 2.72 bits per heavy atom. The van der Waals surface area contributed by atoms with Gasteiger partial charge in [-0.15, -0.1) is 0 Å². The monoisotopic (exact) mass is 310 g/mol. The molecule has 1 spiro atoms. The molecule has 0 aromatic carbocycles. The topological polar surface area (TPSA) is 34.9 Å². The Balaban J connectivity index is 1.55. The highest BCUT2D eigenvalue weighted by Crippen LogP contribution is 2.57. The first-order valence-corrected chi connectivity index (χ1v) is 7.68. The van der Waals surface area contributed by atoms with Crippen LogP contribution in [0.25, 0.3) is 0 Å². The molecule has 2 aliphatic carbocycles. The lowest BCUT2D eigenvalue weighted by Gasteiger charge is -2.28. The second kappa shape index (κ2) is 4.80. The zero-order valence-electron chi connectivity index (χ0n) is 10.6. The summed E-state index contributed by atoms with van der Waals surface area (Å²) in [4.78, 5) is 15.6. The van der Waals surface area contributed by atoms with Crippen molar-refractivity contribution in [1.29, 1.82) is 0 Å². The van der Waals surface area contributed by atoms with Crippen molar-refractivity contribution in [3.8, 4) is 0 Å². The summed E-state index contributed by atoms with van der Waals surface area (Å²) in [5, 5.41) is 0. The van der Waals surface area contributed by atoms with Crippen LogP contribution < -0.4 is 5.56 Å². The minimum Gasteiger partial charge on any atom is -0.311 e. The number of rotatable bonds is 3. The molecule has 0 bridgehead atoms. The van der Waals surface area contributed by atoms with E-state index in [4.69, 9.17) is 0 Å². The van der Waals surface area contributed by atoms with E-state index < -0.39 is 0 Å². The fraction of sp³-hybridized carbons (Fsp3) is 0.714. The molecular formula is C14H19BrN2O. The Labute approximate surface area is 116 Å². The van der Waals surface area contributed by atoms with Gasteiger partial charge in [-0.1, -0.05) is 0 Å². The average molecular weight is 311 g/mol. The highest BCUT2D eigenvalue weighted by atomic mass is 79.9. The smallest absolute Gasteiger partial charge is 0.269 e. The van der Waals surface area contributed by atoms with Crippen LogP contribution in [0.4, 0.5) is 0 Å². The Kier molecular flexibility index (Phi) is 3.31. The summed E-state index contributed by atoms with van der Waals surface area (Å²) >= 11 is 3.31. The van der Waals surface area contributed by atoms with Crippen molar-refractivity contribution in [3.63, 3.8) is 0 Å². The summed E-state index contributed by atoms with van der Waals surface area (Å²) < 4.78 is 2.51. The molecule has 3 rings (SSSR count). The molecular weight excluding hydrogens is 292 g/mol. The minimum absolute atomic E-state index is 0.00710. The third kappa shape index (κ3) is 2.68. The minimum atomic E-state index is 0.00710. The Hall–Kier alpha value is -0.640. The van der Waals surface area contributed by atoms with Crippen LogP contribution in [0.15, 0.2) is 21.8 Å². The molecule has 0 unspecified atom stereocenters. The number of halogens is 1. The van der Waals surface area contributed by atoms with Gasteiger partial charge in [0.1, 0.15) is 4.60 Å². The van der Waals surface area contributed by atoms with Gasteiger partial charge in [0.05, 0.1) is 6.20 Å². The number of nitrogens with zero attached hydrogens (tertiary/aromatic N) is 2. The van der Waals surface area contributed by atoms with Gasteiger partial charge in [0.2, 0.25) is 0 Å². The van der Waals surface area contributed by atoms with E-state index >= 15 is 0 Å². The van der Waals surface area contributed by atoms with Gasteiger partial charge in [-0.05, 0) is 72.2 Å². The fourth-order valence-electron chi connectivity index (χ4n) is 3.17. The predicted octanol–water partition coefficient (Wildman–Crippen LogP) is 3.37. The number of aryl methyl sites for hydroxylation is 1. The normalized spacial score (nSPS) is 22.3. The van der Waals surface area contributed by atoms with Crippen molar-refractivity contribution in [2.45, 2.75) is 51.5 Å². The van der Waals surface area contributed by atoms with E-state index in [0.717, 1.165) is 28.9 Å². The van der Waals surface area contributed by atoms with E-state index in [-0.39, 0.29) is 5.56 Å². The second-order valence-electron chi connectivity index (χ2n) is 5.97. The van der Waals surface area contributed by atoms with Crippen LogP contribution >= 0.6 is 15.9 Å². The molecule has 18 heavy (non-hydrogen) atoms. The summed E-state index contributed by atoms with van der Waals surface area (Å²) in [6, 6.07) is 0. The number of hydrogen-bond donors (Lipinski definition) is 0. The Morgan fingerprint density at radius 2 is 2.06 bits per heavy atom. The quantitative estimate of drug-likeness (QED) is 0.858. The molecule has 4 heteroatoms. The van der Waals surface area contributed by atoms with Crippen molar-refractivity contribution >= 4 is 15.9 Å². The third-order valence-electron chi connectivity index (χ3n) is 4.74. The van der Waals surface area contributed by atoms with Gasteiger partial charge in [-0.2, -0.15) is 0 Å². The van der Waals surface area contributed by atoms with Crippen LogP contribution in [-0.4, -0.2) is 9.55 Å². The lowest BCUT2D eigenvalue weighted by molar-refractivity contribution is 0.239. The average Bonchev–Trinajstić information content (AvgIpc) is 3.12. The first-order chi connectivity index (χ1) is 8.67. The van der Waals surface area contributed by atoms with Crippen molar-refractivity contribution in [2.75, 3.05) is 0 Å². The van der Waals surface area contributed by atoms with E-state index in [2.05, 4.69) is 20.9 Å². The van der Waals surface area contributed by atoms with Crippen LogP contribution in [0, 0.1) is 11.3 Å². The van der Waals surface area contributed by atoms with E-state index in [9.17, 15) is 4.79 Å². The van der Waals surface area contributed by atoms with E-state index in [1.165, 1.54) is 44.7 Å². The van der Waals surface area contributed by atoms with Crippen molar-refractivity contribution in [1.82, 2.24) is 9.55 Å². The SMILES string of the molecule is O=c1cnc(Br)cn1CCC1CCC2(CC1)CC2. The molecule has 2 saturated carbocycles. The Morgan fingerprint density at radius 1 is 1.33 bits per heavy atom. The van der Waals surface area contributed by atoms with E-state index in [0.29, 0.717) is 0 Å². The molecule has 2 aliphatic rings. The second-order valence-corrected chi connectivity index (χ2v) is 6.79. The van der Waals surface area contributed by atoms with Crippen molar-refractivity contribution in [3.05, 3.63) is 27.4 Å². The molecule has 0 amide bonds. The van der Waals surface area contributed by atoms with Crippen molar-refractivity contribution < 1.29 is 0 Å². The standard InChI is InChI=1S/C14H19BrN2O/c15-12-10-17(13(18)9-16-12)8-3-11-1-4-14(5-2-11)6-7-14/h9-11H,1-8H2. The molecule has 1 aromatic rings. The van der Waals surface area contributed by atoms with E-state index in [1.807, 2.05) is 0 Å². The molecule has 1 heterocycles. The lowest BCUT2D eigenvalue weighted by atomic mass is 9.78. The summed E-state index contributed by atoms with van der Waals surface area (Å²) in [6.45, 7) is 0.831. The first kappa shape index (κ1) is 12.4. The van der Waals surface area contributed by atoms with Gasteiger partial charge >= 0.3 is 0 Å². The number of hydrogen-bond acceptors (Lipinski definition) is 2. The summed E-state index contributed by atoms with van der Waals surface area (Å²) in [5.74, 6) is 0.815. The third-order valence-corrected chi connectivity index (χ3v) is 5.15. The Bertz CT molecular complexity index is 483. The van der Waals surface area contributed by atoms with Crippen molar-refractivity contribution in [2.24, 2.45) is 11.3 Å². The molecule has 0 atom stereocenters. The van der Waals surface area contributed by atoms with Gasteiger partial charge in [0.25, 0.3) is 5.56 Å². The molecule has 3 nitrogen and oxygen atoms in total. The van der Waals surface area contributed by atoms with Crippen LogP contribution in [0.1, 0.15) is 44.9 Å². The maximum absolute atomic E-state index is 11.6.